The lowest BCUT2D eigenvalue weighted by Gasteiger charge is -2.17. The summed E-state index contributed by atoms with van der Waals surface area (Å²) in [4.78, 5) is 27.9. The molecule has 0 spiro atoms. The molecule has 0 bridgehead atoms. The van der Waals surface area contributed by atoms with Gasteiger partial charge < -0.3 is 10.3 Å². The predicted octanol–water partition coefficient (Wildman–Crippen LogP) is 2.80. The van der Waals surface area contributed by atoms with Gasteiger partial charge in [-0.25, -0.2) is 8.42 Å². The van der Waals surface area contributed by atoms with Crippen molar-refractivity contribution in [1.82, 2.24) is 14.6 Å². The molecule has 1 saturated heterocycles. The number of nitrogens with one attached hydrogen (secondary N) is 2. The van der Waals surface area contributed by atoms with Gasteiger partial charge >= 0.3 is 0 Å². The van der Waals surface area contributed by atoms with Gasteiger partial charge in [-0.2, -0.15) is 4.31 Å². The van der Waals surface area contributed by atoms with Crippen molar-refractivity contribution in [1.29, 1.82) is 0 Å². The SMILES string of the molecule is CC(NC(=O)c1cc(=O)[nH]c2ccc(S(=O)(=O)N3CCCC3)cc12)c1ccccc1. The molecule has 4 rings (SSSR count). The number of rotatable bonds is 5. The molecule has 30 heavy (non-hydrogen) atoms. The highest BCUT2D eigenvalue weighted by Crippen LogP contribution is 2.25. The molecule has 0 radical (unpaired) electrons. The molecular formula is C22H23N3O4S. The Bertz CT molecular complexity index is 1250. The zero-order chi connectivity index (χ0) is 21.3. The minimum absolute atomic E-state index is 0.120. The molecule has 7 nitrogen and oxygen atoms in total. The number of sulfonamides is 1. The number of aromatic nitrogens is 1. The molecule has 8 heteroatoms. The van der Waals surface area contributed by atoms with E-state index in [1.54, 1.807) is 0 Å². The number of aromatic amines is 1. The Labute approximate surface area is 174 Å². The Balaban J connectivity index is 1.73. The fourth-order valence-corrected chi connectivity index (χ4v) is 5.30. The monoisotopic (exact) mass is 425 g/mol. The zero-order valence-electron chi connectivity index (χ0n) is 16.6. The lowest BCUT2D eigenvalue weighted by molar-refractivity contribution is 0.0941. The molecule has 0 saturated carbocycles. The van der Waals surface area contributed by atoms with Crippen LogP contribution < -0.4 is 10.9 Å². The second-order valence-electron chi connectivity index (χ2n) is 7.47. The van der Waals surface area contributed by atoms with Crippen molar-refractivity contribution < 1.29 is 13.2 Å². The van der Waals surface area contributed by atoms with Gasteiger partial charge in [0.15, 0.2) is 0 Å². The van der Waals surface area contributed by atoms with Crippen molar-refractivity contribution in [3.8, 4) is 0 Å². The Morgan fingerprint density at radius 3 is 2.47 bits per heavy atom. The van der Waals surface area contributed by atoms with Crippen LogP contribution in [0.1, 0.15) is 41.7 Å². The van der Waals surface area contributed by atoms with Crippen molar-refractivity contribution in [3.63, 3.8) is 0 Å². The largest absolute Gasteiger partial charge is 0.345 e. The number of amides is 1. The number of pyridine rings is 1. The molecule has 1 fully saturated rings. The van der Waals surface area contributed by atoms with Gasteiger partial charge in [-0.1, -0.05) is 30.3 Å². The fraction of sp³-hybridized carbons (Fsp3) is 0.273. The minimum atomic E-state index is -3.64. The maximum atomic E-state index is 13.0. The number of carbonyl (C=O) groups excluding carboxylic acids is 1. The number of fused-ring (bicyclic) bond motifs is 1. The maximum absolute atomic E-state index is 13.0. The molecular weight excluding hydrogens is 402 g/mol. The van der Waals surface area contributed by atoms with Crippen molar-refractivity contribution in [2.45, 2.75) is 30.7 Å². The topological polar surface area (TPSA) is 99.3 Å². The Morgan fingerprint density at radius 1 is 1.07 bits per heavy atom. The molecule has 2 aromatic carbocycles. The fourth-order valence-electron chi connectivity index (χ4n) is 3.76. The van der Waals surface area contributed by atoms with Crippen LogP contribution in [0, 0.1) is 0 Å². The highest BCUT2D eigenvalue weighted by atomic mass is 32.2. The average Bonchev–Trinajstić information content (AvgIpc) is 3.29. The number of hydrogen-bond acceptors (Lipinski definition) is 4. The smallest absolute Gasteiger partial charge is 0.252 e. The molecule has 1 aliphatic rings. The third-order valence-corrected chi connectivity index (χ3v) is 7.30. The number of hydrogen-bond donors (Lipinski definition) is 2. The van der Waals surface area contributed by atoms with Gasteiger partial charge in [-0.3, -0.25) is 9.59 Å². The highest BCUT2D eigenvalue weighted by Gasteiger charge is 2.28. The van der Waals surface area contributed by atoms with E-state index in [0.29, 0.717) is 24.0 Å². The van der Waals surface area contributed by atoms with Crippen LogP contribution in [0.15, 0.2) is 64.3 Å². The van der Waals surface area contributed by atoms with Crippen LogP contribution in [-0.2, 0) is 10.0 Å². The van der Waals surface area contributed by atoms with Gasteiger partial charge in [0.05, 0.1) is 16.5 Å². The summed E-state index contributed by atoms with van der Waals surface area (Å²) in [5.41, 5.74) is 1.07. The Morgan fingerprint density at radius 2 is 1.77 bits per heavy atom. The lowest BCUT2D eigenvalue weighted by Crippen LogP contribution is -2.29. The molecule has 0 aliphatic carbocycles. The Kier molecular flexibility index (Phi) is 5.44. The summed E-state index contributed by atoms with van der Waals surface area (Å²) in [7, 11) is -3.64. The number of carbonyl (C=O) groups is 1. The van der Waals surface area contributed by atoms with Crippen LogP contribution in [0.3, 0.4) is 0 Å². The van der Waals surface area contributed by atoms with Crippen molar-refractivity contribution >= 4 is 26.8 Å². The van der Waals surface area contributed by atoms with Gasteiger partial charge in [-0.15, -0.1) is 0 Å². The van der Waals surface area contributed by atoms with E-state index in [2.05, 4.69) is 10.3 Å². The minimum Gasteiger partial charge on any atom is -0.345 e. The lowest BCUT2D eigenvalue weighted by atomic mass is 10.1. The van der Waals surface area contributed by atoms with E-state index in [4.69, 9.17) is 0 Å². The van der Waals surface area contributed by atoms with Crippen molar-refractivity contribution in [3.05, 3.63) is 76.1 Å². The van der Waals surface area contributed by atoms with E-state index in [-0.39, 0.29) is 16.5 Å². The maximum Gasteiger partial charge on any atom is 0.252 e. The van der Waals surface area contributed by atoms with Crippen molar-refractivity contribution in [2.75, 3.05) is 13.1 Å². The zero-order valence-corrected chi connectivity index (χ0v) is 17.4. The summed E-state index contributed by atoms with van der Waals surface area (Å²) >= 11 is 0. The average molecular weight is 426 g/mol. The number of benzene rings is 2. The quantitative estimate of drug-likeness (QED) is 0.657. The molecule has 2 heterocycles. The first-order valence-corrected chi connectivity index (χ1v) is 11.3. The molecule has 2 N–H and O–H groups in total. The van der Waals surface area contributed by atoms with Gasteiger partial charge in [0.25, 0.3) is 5.91 Å². The Hall–Kier alpha value is -2.97. The second-order valence-corrected chi connectivity index (χ2v) is 9.41. The van der Waals surface area contributed by atoms with Gasteiger partial charge in [0.2, 0.25) is 15.6 Å². The van der Waals surface area contributed by atoms with Crippen LogP contribution in [0.2, 0.25) is 0 Å². The summed E-state index contributed by atoms with van der Waals surface area (Å²) < 4.78 is 27.3. The summed E-state index contributed by atoms with van der Waals surface area (Å²) in [5.74, 6) is -0.432. The third-order valence-electron chi connectivity index (χ3n) is 5.41. The number of nitrogens with zero attached hydrogens (tertiary/aromatic N) is 1. The van der Waals surface area contributed by atoms with E-state index >= 15 is 0 Å². The summed E-state index contributed by atoms with van der Waals surface area (Å²) in [5, 5.41) is 3.29. The van der Waals surface area contributed by atoms with Crippen LogP contribution in [-0.4, -0.2) is 36.7 Å². The summed E-state index contributed by atoms with van der Waals surface area (Å²) in [6.45, 7) is 2.84. The molecule has 1 amide bonds. The van der Waals surface area contributed by atoms with E-state index in [9.17, 15) is 18.0 Å². The van der Waals surface area contributed by atoms with Crippen LogP contribution >= 0.6 is 0 Å². The van der Waals surface area contributed by atoms with Crippen LogP contribution in [0.25, 0.3) is 10.9 Å². The molecule has 1 unspecified atom stereocenters. The predicted molar refractivity (Wildman–Crippen MR) is 115 cm³/mol. The standard InChI is InChI=1S/C22H23N3O4S/c1-15(16-7-3-2-4-8-16)23-22(27)19-14-21(26)24-20-10-9-17(13-18(19)20)30(28,29)25-11-5-6-12-25/h2-4,7-10,13-15H,5-6,11-12H2,1H3,(H,23,27)(H,24,26). The first kappa shape index (κ1) is 20.3. The normalized spacial score (nSPS) is 15.9. The van der Waals surface area contributed by atoms with E-state index in [0.717, 1.165) is 18.4 Å². The van der Waals surface area contributed by atoms with Crippen LogP contribution in [0.4, 0.5) is 0 Å². The van der Waals surface area contributed by atoms with E-state index in [1.165, 1.54) is 28.6 Å². The van der Waals surface area contributed by atoms with Gasteiger partial charge in [-0.05, 0) is 43.5 Å². The van der Waals surface area contributed by atoms with Crippen LogP contribution in [0.5, 0.6) is 0 Å². The molecule has 3 aromatic rings. The highest BCUT2D eigenvalue weighted by molar-refractivity contribution is 7.89. The molecule has 1 atom stereocenters. The third kappa shape index (κ3) is 3.88. The second kappa shape index (κ2) is 8.04. The first-order chi connectivity index (χ1) is 14.4. The van der Waals surface area contributed by atoms with Gasteiger partial charge in [0.1, 0.15) is 0 Å². The molecule has 1 aromatic heterocycles. The molecule has 1 aliphatic heterocycles. The van der Waals surface area contributed by atoms with Crippen molar-refractivity contribution in [2.24, 2.45) is 0 Å². The van der Waals surface area contributed by atoms with E-state index < -0.39 is 21.5 Å². The first-order valence-electron chi connectivity index (χ1n) is 9.89. The summed E-state index contributed by atoms with van der Waals surface area (Å²) in [6, 6.07) is 14.9. The number of H-pyrrole nitrogens is 1. The molecule has 156 valence electrons. The van der Waals surface area contributed by atoms with E-state index in [1.807, 2.05) is 37.3 Å². The summed E-state index contributed by atoms with van der Waals surface area (Å²) in [6.07, 6.45) is 1.68. The van der Waals surface area contributed by atoms with Gasteiger partial charge in [0, 0.05) is 30.1 Å².